The number of benzene rings is 2. The fraction of sp³-hybridized carbons (Fsp3) is 0.188. The van der Waals surface area contributed by atoms with Crippen molar-refractivity contribution in [3.05, 3.63) is 53.1 Å². The number of amides is 1. The second-order valence-electron chi connectivity index (χ2n) is 4.73. The van der Waals surface area contributed by atoms with Crippen LogP contribution in [-0.4, -0.2) is 25.8 Å². The molecule has 0 radical (unpaired) electrons. The van der Waals surface area contributed by atoms with Crippen LogP contribution in [0.1, 0.15) is 10.4 Å². The molecule has 0 aliphatic heterocycles. The third-order valence-electron chi connectivity index (χ3n) is 2.90. The maximum absolute atomic E-state index is 12.3. The molecule has 0 spiro atoms. The van der Waals surface area contributed by atoms with Gasteiger partial charge in [0, 0.05) is 16.8 Å². The van der Waals surface area contributed by atoms with Crippen molar-refractivity contribution in [1.29, 1.82) is 0 Å². The molecule has 0 atom stereocenters. The van der Waals surface area contributed by atoms with Gasteiger partial charge in [0.2, 0.25) is 0 Å². The summed E-state index contributed by atoms with van der Waals surface area (Å²) < 4.78 is 46.3. The summed E-state index contributed by atoms with van der Waals surface area (Å²) in [6, 6.07) is 10.2. The van der Waals surface area contributed by atoms with E-state index in [2.05, 4.69) is 10.1 Å². The summed E-state index contributed by atoms with van der Waals surface area (Å²) >= 11 is 5.87. The highest BCUT2D eigenvalue weighted by molar-refractivity contribution is 6.31. The van der Waals surface area contributed by atoms with Crippen LogP contribution in [0, 0.1) is 0 Å². The van der Waals surface area contributed by atoms with Crippen LogP contribution in [0.25, 0.3) is 0 Å². The van der Waals surface area contributed by atoms with Crippen molar-refractivity contribution >= 4 is 23.2 Å². The van der Waals surface area contributed by atoms with Gasteiger partial charge >= 0.3 is 6.18 Å². The highest BCUT2D eigenvalue weighted by Gasteiger charge is 2.28. The molecule has 0 heterocycles. The van der Waals surface area contributed by atoms with Crippen LogP contribution in [0.2, 0.25) is 5.02 Å². The van der Waals surface area contributed by atoms with Gasteiger partial charge in [-0.25, -0.2) is 0 Å². The van der Waals surface area contributed by atoms with Gasteiger partial charge in [-0.05, 0) is 30.3 Å². The minimum absolute atomic E-state index is 0.0109. The van der Waals surface area contributed by atoms with Gasteiger partial charge in [0.15, 0.2) is 6.61 Å². The van der Waals surface area contributed by atoms with E-state index < -0.39 is 18.7 Å². The van der Waals surface area contributed by atoms with Gasteiger partial charge in [0.05, 0.1) is 12.7 Å². The molecule has 8 heteroatoms. The Hall–Kier alpha value is -2.41. The molecule has 4 nitrogen and oxygen atoms in total. The maximum Gasteiger partial charge on any atom is 0.422 e. The number of halogens is 4. The second kappa shape index (κ2) is 7.44. The topological polar surface area (TPSA) is 47.6 Å². The SMILES string of the molecule is COc1ccc(Cl)cc1C(=O)Nc1cccc(OCC(F)(F)F)c1. The summed E-state index contributed by atoms with van der Waals surface area (Å²) in [6.07, 6.45) is -4.44. The highest BCUT2D eigenvalue weighted by Crippen LogP contribution is 2.25. The average Bonchev–Trinajstić information content (AvgIpc) is 2.52. The summed E-state index contributed by atoms with van der Waals surface area (Å²) in [5.41, 5.74) is 0.480. The zero-order valence-electron chi connectivity index (χ0n) is 12.5. The summed E-state index contributed by atoms with van der Waals surface area (Å²) in [5.74, 6) is -0.202. The lowest BCUT2D eigenvalue weighted by molar-refractivity contribution is -0.153. The molecule has 0 saturated carbocycles. The van der Waals surface area contributed by atoms with E-state index in [4.69, 9.17) is 16.3 Å². The van der Waals surface area contributed by atoms with Crippen LogP contribution >= 0.6 is 11.6 Å². The van der Waals surface area contributed by atoms with Gasteiger partial charge < -0.3 is 14.8 Å². The molecule has 2 rings (SSSR count). The second-order valence-corrected chi connectivity index (χ2v) is 5.17. The molecule has 0 unspecified atom stereocenters. The number of methoxy groups -OCH3 is 1. The van der Waals surface area contributed by atoms with Gasteiger partial charge in [0.1, 0.15) is 11.5 Å². The molecular weight excluding hydrogens is 347 g/mol. The fourth-order valence-electron chi connectivity index (χ4n) is 1.88. The van der Waals surface area contributed by atoms with Crippen LogP contribution in [0.3, 0.4) is 0 Å². The lowest BCUT2D eigenvalue weighted by Gasteiger charge is -2.12. The largest absolute Gasteiger partial charge is 0.496 e. The Morgan fingerprint density at radius 2 is 1.96 bits per heavy atom. The standard InChI is InChI=1S/C16H13ClF3NO3/c1-23-14-6-5-10(17)7-13(14)15(22)21-11-3-2-4-12(8-11)24-9-16(18,19)20/h2-8H,9H2,1H3,(H,21,22). The average molecular weight is 360 g/mol. The molecular formula is C16H13ClF3NO3. The Morgan fingerprint density at radius 3 is 2.62 bits per heavy atom. The zero-order valence-corrected chi connectivity index (χ0v) is 13.2. The monoisotopic (exact) mass is 359 g/mol. The number of alkyl halides is 3. The van der Waals surface area contributed by atoms with E-state index in [1.54, 1.807) is 12.1 Å². The van der Waals surface area contributed by atoms with E-state index in [9.17, 15) is 18.0 Å². The van der Waals surface area contributed by atoms with Gasteiger partial charge in [-0.3, -0.25) is 4.79 Å². The summed E-state index contributed by atoms with van der Waals surface area (Å²) in [4.78, 5) is 12.3. The van der Waals surface area contributed by atoms with Gasteiger partial charge in [-0.2, -0.15) is 13.2 Å². The Kier molecular flexibility index (Phi) is 5.56. The van der Waals surface area contributed by atoms with Crippen molar-refractivity contribution in [1.82, 2.24) is 0 Å². The quantitative estimate of drug-likeness (QED) is 0.852. The first-order valence-electron chi connectivity index (χ1n) is 6.73. The lowest BCUT2D eigenvalue weighted by atomic mass is 10.2. The number of ether oxygens (including phenoxy) is 2. The van der Waals surface area contributed by atoms with E-state index in [0.29, 0.717) is 10.8 Å². The fourth-order valence-corrected chi connectivity index (χ4v) is 2.06. The summed E-state index contributed by atoms with van der Waals surface area (Å²) in [7, 11) is 1.41. The number of hydrogen-bond acceptors (Lipinski definition) is 3. The van der Waals surface area contributed by atoms with E-state index in [-0.39, 0.29) is 17.0 Å². The first-order valence-corrected chi connectivity index (χ1v) is 7.11. The first-order chi connectivity index (χ1) is 11.3. The maximum atomic E-state index is 12.3. The number of carbonyl (C=O) groups is 1. The number of carbonyl (C=O) groups excluding carboxylic acids is 1. The molecule has 1 N–H and O–H groups in total. The number of rotatable bonds is 5. The van der Waals surface area contributed by atoms with Crippen molar-refractivity contribution in [3.8, 4) is 11.5 Å². The molecule has 128 valence electrons. The van der Waals surface area contributed by atoms with Gasteiger partial charge in [0.25, 0.3) is 5.91 Å². The summed E-state index contributed by atoms with van der Waals surface area (Å²) in [6.45, 7) is -1.41. The predicted molar refractivity (Wildman–Crippen MR) is 83.9 cm³/mol. The van der Waals surface area contributed by atoms with Crippen molar-refractivity contribution < 1.29 is 27.4 Å². The normalized spacial score (nSPS) is 11.0. The van der Waals surface area contributed by atoms with Crippen LogP contribution in [0.4, 0.5) is 18.9 Å². The Labute approximate surface area is 141 Å². The molecule has 1 amide bonds. The Bertz CT molecular complexity index is 735. The minimum Gasteiger partial charge on any atom is -0.496 e. The number of hydrogen-bond donors (Lipinski definition) is 1. The molecule has 0 bridgehead atoms. The van der Waals surface area contributed by atoms with E-state index in [1.165, 1.54) is 37.4 Å². The van der Waals surface area contributed by atoms with Crippen LogP contribution in [-0.2, 0) is 0 Å². The lowest BCUT2D eigenvalue weighted by Crippen LogP contribution is -2.19. The van der Waals surface area contributed by atoms with Gasteiger partial charge in [-0.1, -0.05) is 17.7 Å². The van der Waals surface area contributed by atoms with Crippen LogP contribution in [0.5, 0.6) is 11.5 Å². The molecule has 24 heavy (non-hydrogen) atoms. The molecule has 2 aromatic rings. The van der Waals surface area contributed by atoms with Crippen molar-refractivity contribution in [2.45, 2.75) is 6.18 Å². The Morgan fingerprint density at radius 1 is 1.21 bits per heavy atom. The van der Waals surface area contributed by atoms with Crippen molar-refractivity contribution in [3.63, 3.8) is 0 Å². The zero-order chi connectivity index (χ0) is 17.7. The molecule has 2 aromatic carbocycles. The molecule has 0 fully saturated rings. The minimum atomic E-state index is -4.44. The third-order valence-corrected chi connectivity index (χ3v) is 3.14. The third kappa shape index (κ3) is 5.06. The van der Waals surface area contributed by atoms with E-state index >= 15 is 0 Å². The highest BCUT2D eigenvalue weighted by atomic mass is 35.5. The van der Waals surface area contributed by atoms with Gasteiger partial charge in [-0.15, -0.1) is 0 Å². The van der Waals surface area contributed by atoms with Crippen molar-refractivity contribution in [2.24, 2.45) is 0 Å². The summed E-state index contributed by atoms with van der Waals surface area (Å²) in [5, 5.41) is 2.91. The molecule has 0 aliphatic carbocycles. The molecule has 0 aromatic heterocycles. The predicted octanol–water partition coefficient (Wildman–Crippen LogP) is 4.54. The molecule has 0 saturated heterocycles. The van der Waals surface area contributed by atoms with E-state index in [0.717, 1.165) is 0 Å². The molecule has 0 aliphatic rings. The Balaban J connectivity index is 2.13. The van der Waals surface area contributed by atoms with Crippen LogP contribution in [0.15, 0.2) is 42.5 Å². The van der Waals surface area contributed by atoms with Crippen LogP contribution < -0.4 is 14.8 Å². The smallest absolute Gasteiger partial charge is 0.422 e. The number of anilines is 1. The van der Waals surface area contributed by atoms with Crippen molar-refractivity contribution in [2.75, 3.05) is 19.0 Å². The first kappa shape index (κ1) is 17.9. The number of nitrogens with one attached hydrogen (secondary N) is 1. The van der Waals surface area contributed by atoms with E-state index in [1.807, 2.05) is 0 Å².